The van der Waals surface area contributed by atoms with Gasteiger partial charge in [-0.05, 0) is 17.7 Å². The van der Waals surface area contributed by atoms with E-state index in [-0.39, 0.29) is 17.8 Å². The van der Waals surface area contributed by atoms with Crippen molar-refractivity contribution in [2.45, 2.75) is 10.1 Å². The summed E-state index contributed by atoms with van der Waals surface area (Å²) in [6.07, 6.45) is 0. The number of likely N-dealkylation sites (N-methyl/N-ethyl adjacent to an activating group) is 1. The van der Waals surface area contributed by atoms with E-state index in [1.54, 1.807) is 11.9 Å². The number of benzene rings is 2. The molecule has 0 spiro atoms. The Balaban J connectivity index is 2.24. The maximum Gasteiger partial charge on any atom is 0.240 e. The van der Waals surface area contributed by atoms with Crippen LogP contribution in [-0.2, 0) is 4.79 Å². The number of carbonyl (C=O) groups excluding carboxylic acids is 1. The topological polar surface area (TPSA) is 40.5 Å². The molecule has 0 aliphatic rings. The average Bonchev–Trinajstić information content (AvgIpc) is 2.54. The van der Waals surface area contributed by atoms with E-state index in [4.69, 9.17) is 5.11 Å². The molecule has 0 heterocycles. The third kappa shape index (κ3) is 4.34. The normalized spacial score (nSPS) is 11.9. The van der Waals surface area contributed by atoms with Gasteiger partial charge in [-0.25, -0.2) is 0 Å². The number of amides is 1. The molecular formula is C17H19NO2S. The lowest BCUT2D eigenvalue weighted by Crippen LogP contribution is -2.32. The third-order valence-electron chi connectivity index (χ3n) is 3.14. The maximum absolute atomic E-state index is 12.6. The first-order valence-electron chi connectivity index (χ1n) is 6.85. The molecule has 0 aliphatic carbocycles. The first kappa shape index (κ1) is 15.6. The zero-order valence-corrected chi connectivity index (χ0v) is 12.8. The molecule has 0 bridgehead atoms. The Morgan fingerprint density at radius 1 is 1.10 bits per heavy atom. The monoisotopic (exact) mass is 301 g/mol. The van der Waals surface area contributed by atoms with Crippen LogP contribution in [0, 0.1) is 0 Å². The van der Waals surface area contributed by atoms with Crippen LogP contribution >= 0.6 is 11.8 Å². The number of hydrogen-bond donors (Lipinski definition) is 1. The van der Waals surface area contributed by atoms with Crippen molar-refractivity contribution in [3.63, 3.8) is 0 Å². The van der Waals surface area contributed by atoms with Crippen LogP contribution < -0.4 is 0 Å². The molecule has 0 radical (unpaired) electrons. The van der Waals surface area contributed by atoms with Gasteiger partial charge in [0.15, 0.2) is 0 Å². The number of rotatable bonds is 6. The van der Waals surface area contributed by atoms with Gasteiger partial charge >= 0.3 is 0 Å². The Morgan fingerprint density at radius 2 is 1.67 bits per heavy atom. The lowest BCUT2D eigenvalue weighted by Gasteiger charge is -2.23. The van der Waals surface area contributed by atoms with E-state index in [0.29, 0.717) is 6.54 Å². The standard InChI is InChI=1S/C17H19NO2S/c1-18(12-13-19)17(20)16(14-8-4-2-5-9-14)21-15-10-6-3-7-11-15/h2-11,16,19H,12-13H2,1H3. The van der Waals surface area contributed by atoms with E-state index in [0.717, 1.165) is 10.5 Å². The number of nitrogens with zero attached hydrogens (tertiary/aromatic N) is 1. The van der Waals surface area contributed by atoms with Crippen molar-refractivity contribution in [1.29, 1.82) is 0 Å². The van der Waals surface area contributed by atoms with E-state index >= 15 is 0 Å². The molecule has 2 aromatic carbocycles. The minimum Gasteiger partial charge on any atom is -0.395 e. The van der Waals surface area contributed by atoms with Gasteiger partial charge in [-0.1, -0.05) is 48.5 Å². The number of aliphatic hydroxyl groups excluding tert-OH is 1. The first-order valence-corrected chi connectivity index (χ1v) is 7.73. The summed E-state index contributed by atoms with van der Waals surface area (Å²) in [6, 6.07) is 19.6. The summed E-state index contributed by atoms with van der Waals surface area (Å²) >= 11 is 1.53. The highest BCUT2D eigenvalue weighted by atomic mass is 32.2. The molecule has 1 N–H and O–H groups in total. The van der Waals surface area contributed by atoms with Crippen LogP contribution in [0.5, 0.6) is 0 Å². The molecular weight excluding hydrogens is 282 g/mol. The van der Waals surface area contributed by atoms with Crippen LogP contribution in [0.4, 0.5) is 0 Å². The summed E-state index contributed by atoms with van der Waals surface area (Å²) in [6.45, 7) is 0.317. The first-order chi connectivity index (χ1) is 10.2. The highest BCUT2D eigenvalue weighted by molar-refractivity contribution is 8.00. The minimum absolute atomic E-state index is 0.00380. The van der Waals surface area contributed by atoms with Gasteiger partial charge in [-0.15, -0.1) is 11.8 Å². The summed E-state index contributed by atoms with van der Waals surface area (Å²) in [7, 11) is 1.72. The van der Waals surface area contributed by atoms with Crippen molar-refractivity contribution >= 4 is 17.7 Å². The van der Waals surface area contributed by atoms with Crippen molar-refractivity contribution < 1.29 is 9.90 Å². The molecule has 3 nitrogen and oxygen atoms in total. The van der Waals surface area contributed by atoms with Crippen molar-refractivity contribution in [1.82, 2.24) is 4.90 Å². The van der Waals surface area contributed by atoms with E-state index in [1.807, 2.05) is 60.7 Å². The molecule has 1 amide bonds. The second kappa shape index (κ2) is 7.86. The van der Waals surface area contributed by atoms with Gasteiger partial charge in [0.05, 0.1) is 6.61 Å². The summed E-state index contributed by atoms with van der Waals surface area (Å²) in [5.41, 5.74) is 0.973. The number of hydrogen-bond acceptors (Lipinski definition) is 3. The van der Waals surface area contributed by atoms with Crippen molar-refractivity contribution in [3.8, 4) is 0 Å². The molecule has 0 aliphatic heterocycles. The zero-order chi connectivity index (χ0) is 15.1. The average molecular weight is 301 g/mol. The Hall–Kier alpha value is -1.78. The summed E-state index contributed by atoms with van der Waals surface area (Å²) < 4.78 is 0. The zero-order valence-electron chi connectivity index (χ0n) is 12.0. The fourth-order valence-corrected chi connectivity index (χ4v) is 3.14. The van der Waals surface area contributed by atoms with Crippen LogP contribution in [0.2, 0.25) is 0 Å². The Morgan fingerprint density at radius 3 is 2.24 bits per heavy atom. The smallest absolute Gasteiger partial charge is 0.240 e. The molecule has 0 saturated carbocycles. The fraction of sp³-hybridized carbons (Fsp3) is 0.235. The lowest BCUT2D eigenvalue weighted by atomic mass is 10.1. The number of carbonyl (C=O) groups is 1. The fourth-order valence-electron chi connectivity index (χ4n) is 1.98. The SMILES string of the molecule is CN(CCO)C(=O)C(Sc1ccccc1)c1ccccc1. The van der Waals surface area contributed by atoms with E-state index in [2.05, 4.69) is 0 Å². The molecule has 2 rings (SSSR count). The van der Waals surface area contributed by atoms with Crippen LogP contribution in [0.1, 0.15) is 10.8 Å². The van der Waals surface area contributed by atoms with Crippen molar-refractivity contribution in [3.05, 3.63) is 66.2 Å². The van der Waals surface area contributed by atoms with Crippen LogP contribution in [0.15, 0.2) is 65.6 Å². The summed E-state index contributed by atoms with van der Waals surface area (Å²) in [5, 5.41) is 8.73. The Bertz CT molecular complexity index is 560. The van der Waals surface area contributed by atoms with Gasteiger partial charge in [0.25, 0.3) is 0 Å². The van der Waals surface area contributed by atoms with Crippen LogP contribution in [-0.4, -0.2) is 36.1 Å². The molecule has 0 fully saturated rings. The minimum atomic E-state index is -0.301. The summed E-state index contributed by atoms with van der Waals surface area (Å²) in [4.78, 5) is 15.3. The Labute approximate surface area is 129 Å². The molecule has 1 atom stereocenters. The van der Waals surface area contributed by atoms with Crippen LogP contribution in [0.3, 0.4) is 0 Å². The van der Waals surface area contributed by atoms with Gasteiger partial charge in [0.1, 0.15) is 5.25 Å². The second-order valence-corrected chi connectivity index (χ2v) is 5.88. The highest BCUT2D eigenvalue weighted by Gasteiger charge is 2.24. The van der Waals surface area contributed by atoms with E-state index in [1.165, 1.54) is 11.8 Å². The second-order valence-electron chi connectivity index (χ2n) is 4.71. The van der Waals surface area contributed by atoms with Crippen molar-refractivity contribution in [2.24, 2.45) is 0 Å². The largest absolute Gasteiger partial charge is 0.395 e. The van der Waals surface area contributed by atoms with E-state index < -0.39 is 0 Å². The van der Waals surface area contributed by atoms with Gasteiger partial charge in [-0.2, -0.15) is 0 Å². The maximum atomic E-state index is 12.6. The summed E-state index contributed by atoms with van der Waals surface area (Å²) in [5.74, 6) is 0.00380. The predicted octanol–water partition coefficient (Wildman–Crippen LogP) is 2.97. The van der Waals surface area contributed by atoms with E-state index in [9.17, 15) is 4.79 Å². The molecule has 110 valence electrons. The lowest BCUT2D eigenvalue weighted by molar-refractivity contribution is -0.129. The van der Waals surface area contributed by atoms with Gasteiger partial charge < -0.3 is 10.0 Å². The van der Waals surface area contributed by atoms with Gasteiger partial charge in [0.2, 0.25) is 5.91 Å². The molecule has 2 aromatic rings. The highest BCUT2D eigenvalue weighted by Crippen LogP contribution is 2.36. The molecule has 21 heavy (non-hydrogen) atoms. The molecule has 0 aromatic heterocycles. The van der Waals surface area contributed by atoms with Gasteiger partial charge in [0, 0.05) is 18.5 Å². The number of thioether (sulfide) groups is 1. The Kier molecular flexibility index (Phi) is 5.84. The van der Waals surface area contributed by atoms with Gasteiger partial charge in [-0.3, -0.25) is 4.79 Å². The number of aliphatic hydroxyl groups is 1. The molecule has 4 heteroatoms. The third-order valence-corrected chi connectivity index (χ3v) is 4.39. The van der Waals surface area contributed by atoms with Crippen molar-refractivity contribution in [2.75, 3.05) is 20.2 Å². The quantitative estimate of drug-likeness (QED) is 0.834. The molecule has 0 saturated heterocycles. The van der Waals surface area contributed by atoms with Crippen LogP contribution in [0.25, 0.3) is 0 Å². The molecule has 1 unspecified atom stereocenters. The predicted molar refractivity (Wildman–Crippen MR) is 86.2 cm³/mol.